The van der Waals surface area contributed by atoms with E-state index in [1.807, 2.05) is 30.3 Å². The molecule has 3 aromatic carbocycles. The van der Waals surface area contributed by atoms with Crippen molar-refractivity contribution < 1.29 is 18.7 Å². The summed E-state index contributed by atoms with van der Waals surface area (Å²) in [5.41, 5.74) is 7.01. The average Bonchev–Trinajstić information content (AvgIpc) is 3.11. The SMILES string of the molecule is NC(=O)COc1ccc([C@@H]2c3c(oc4ccc(Cl)cc4c3=O)C(=O)N2Cc2ccccc2)cc1. The highest BCUT2D eigenvalue weighted by Gasteiger charge is 2.42. The van der Waals surface area contributed by atoms with E-state index >= 15 is 0 Å². The Hall–Kier alpha value is -4.10. The summed E-state index contributed by atoms with van der Waals surface area (Å²) in [5, 5.41) is 0.713. The Morgan fingerprint density at radius 3 is 2.47 bits per heavy atom. The first-order valence-corrected chi connectivity index (χ1v) is 10.9. The summed E-state index contributed by atoms with van der Waals surface area (Å²) >= 11 is 6.12. The number of hydrogen-bond acceptors (Lipinski definition) is 5. The molecule has 0 bridgehead atoms. The molecule has 7 nitrogen and oxygen atoms in total. The first-order chi connectivity index (χ1) is 16.4. The molecule has 170 valence electrons. The van der Waals surface area contributed by atoms with Crippen molar-refractivity contribution in [2.45, 2.75) is 12.6 Å². The van der Waals surface area contributed by atoms with Crippen molar-refractivity contribution >= 4 is 34.4 Å². The average molecular weight is 475 g/mol. The summed E-state index contributed by atoms with van der Waals surface area (Å²) in [4.78, 5) is 39.7. The zero-order chi connectivity index (χ0) is 23.8. The Kier molecular flexibility index (Phi) is 5.55. The molecule has 8 heteroatoms. The molecule has 2 amide bonds. The van der Waals surface area contributed by atoms with Gasteiger partial charge < -0.3 is 19.8 Å². The fourth-order valence-electron chi connectivity index (χ4n) is 4.18. The van der Waals surface area contributed by atoms with Gasteiger partial charge in [0, 0.05) is 11.6 Å². The molecule has 34 heavy (non-hydrogen) atoms. The summed E-state index contributed by atoms with van der Waals surface area (Å²) < 4.78 is 11.3. The van der Waals surface area contributed by atoms with Crippen LogP contribution < -0.4 is 15.9 Å². The highest BCUT2D eigenvalue weighted by Crippen LogP contribution is 2.39. The Bertz CT molecular complexity index is 1460. The molecule has 0 unspecified atom stereocenters. The van der Waals surface area contributed by atoms with Crippen LogP contribution in [0.15, 0.2) is 82.0 Å². The Balaban J connectivity index is 1.64. The minimum absolute atomic E-state index is 0.0230. The summed E-state index contributed by atoms with van der Waals surface area (Å²) in [6.07, 6.45) is 0. The van der Waals surface area contributed by atoms with Crippen molar-refractivity contribution in [1.29, 1.82) is 0 Å². The van der Waals surface area contributed by atoms with Gasteiger partial charge in [-0.2, -0.15) is 0 Å². The third-order valence-corrected chi connectivity index (χ3v) is 5.94. The molecule has 0 saturated carbocycles. The van der Waals surface area contributed by atoms with Gasteiger partial charge in [0.15, 0.2) is 12.0 Å². The van der Waals surface area contributed by atoms with Crippen molar-refractivity contribution in [2.24, 2.45) is 5.73 Å². The highest BCUT2D eigenvalue weighted by atomic mass is 35.5. The van der Waals surface area contributed by atoms with Gasteiger partial charge in [0.05, 0.1) is 17.0 Å². The van der Waals surface area contributed by atoms with Gasteiger partial charge in [0.1, 0.15) is 11.3 Å². The number of nitrogens with zero attached hydrogens (tertiary/aromatic N) is 1. The van der Waals surface area contributed by atoms with E-state index in [1.54, 1.807) is 47.4 Å². The maximum absolute atomic E-state index is 13.6. The number of primary amides is 1. The number of rotatable bonds is 6. The number of nitrogens with two attached hydrogens (primary N) is 1. The number of amides is 2. The van der Waals surface area contributed by atoms with E-state index in [-0.39, 0.29) is 35.8 Å². The van der Waals surface area contributed by atoms with Gasteiger partial charge in [-0.3, -0.25) is 14.4 Å². The van der Waals surface area contributed by atoms with E-state index in [0.717, 1.165) is 5.56 Å². The van der Waals surface area contributed by atoms with Gasteiger partial charge in [-0.05, 0) is 41.5 Å². The molecule has 4 aromatic rings. The van der Waals surface area contributed by atoms with Gasteiger partial charge in [0.25, 0.3) is 11.8 Å². The van der Waals surface area contributed by atoms with E-state index in [1.165, 1.54) is 0 Å². The first-order valence-electron chi connectivity index (χ1n) is 10.5. The van der Waals surface area contributed by atoms with E-state index < -0.39 is 11.9 Å². The second-order valence-corrected chi connectivity index (χ2v) is 8.40. The third kappa shape index (κ3) is 3.91. The van der Waals surface area contributed by atoms with Gasteiger partial charge in [-0.25, -0.2) is 0 Å². The first kappa shape index (κ1) is 21.7. The van der Waals surface area contributed by atoms with Crippen LogP contribution in [0.25, 0.3) is 11.0 Å². The molecule has 0 aliphatic carbocycles. The molecule has 2 heterocycles. The van der Waals surface area contributed by atoms with Crippen LogP contribution in [0, 0.1) is 0 Å². The third-order valence-electron chi connectivity index (χ3n) is 5.70. The van der Waals surface area contributed by atoms with Crippen molar-refractivity contribution in [1.82, 2.24) is 4.90 Å². The van der Waals surface area contributed by atoms with E-state index in [4.69, 9.17) is 26.5 Å². The van der Waals surface area contributed by atoms with Crippen molar-refractivity contribution in [3.8, 4) is 5.75 Å². The topological polar surface area (TPSA) is 103 Å². The van der Waals surface area contributed by atoms with Crippen LogP contribution in [0.2, 0.25) is 5.02 Å². The molecular formula is C26H19ClN2O5. The van der Waals surface area contributed by atoms with Crippen LogP contribution >= 0.6 is 11.6 Å². The standard InChI is InChI=1S/C26H19ClN2O5/c27-17-8-11-20-19(12-17)24(31)22-23(16-6-9-18(10-7-16)33-14-21(28)30)29(26(32)25(22)34-20)13-15-4-2-1-3-5-15/h1-12,23H,13-14H2,(H2,28,30)/t23-/m1/s1. The molecular weight excluding hydrogens is 456 g/mol. The molecule has 1 atom stereocenters. The van der Waals surface area contributed by atoms with Crippen molar-refractivity contribution in [3.05, 3.63) is 110 Å². The summed E-state index contributed by atoms with van der Waals surface area (Å²) in [5.74, 6) is -0.489. The molecule has 2 N–H and O–H groups in total. The van der Waals surface area contributed by atoms with Crippen LogP contribution in [0.4, 0.5) is 0 Å². The molecule has 1 aromatic heterocycles. The molecule has 1 aliphatic heterocycles. The minimum Gasteiger partial charge on any atom is -0.484 e. The summed E-state index contributed by atoms with van der Waals surface area (Å²) in [6.45, 7) is 0.0333. The number of fused-ring (bicyclic) bond motifs is 2. The van der Waals surface area contributed by atoms with Gasteiger partial charge in [-0.1, -0.05) is 54.1 Å². The molecule has 0 radical (unpaired) electrons. The lowest BCUT2D eigenvalue weighted by molar-refractivity contribution is -0.119. The fourth-order valence-corrected chi connectivity index (χ4v) is 4.36. The second kappa shape index (κ2) is 8.68. The molecule has 0 saturated heterocycles. The quantitative estimate of drug-likeness (QED) is 0.454. The molecule has 1 aliphatic rings. The number of carbonyl (C=O) groups is 2. The predicted molar refractivity (Wildman–Crippen MR) is 127 cm³/mol. The van der Waals surface area contributed by atoms with Crippen molar-refractivity contribution in [3.63, 3.8) is 0 Å². The maximum Gasteiger partial charge on any atom is 0.291 e. The predicted octanol–water partition coefficient (Wildman–Crippen LogP) is 4.06. The number of benzene rings is 3. The van der Waals surface area contributed by atoms with E-state index in [9.17, 15) is 14.4 Å². The summed E-state index contributed by atoms with van der Waals surface area (Å²) in [6, 6.07) is 20.4. The van der Waals surface area contributed by atoms with Gasteiger partial charge in [0.2, 0.25) is 5.76 Å². The normalized spacial score (nSPS) is 14.9. The van der Waals surface area contributed by atoms with Gasteiger partial charge in [-0.15, -0.1) is 0 Å². The van der Waals surface area contributed by atoms with Crippen LogP contribution in [-0.4, -0.2) is 23.3 Å². The van der Waals surface area contributed by atoms with E-state index in [2.05, 4.69) is 0 Å². The van der Waals surface area contributed by atoms with Crippen LogP contribution in [0.1, 0.15) is 33.3 Å². The van der Waals surface area contributed by atoms with Crippen LogP contribution in [0.5, 0.6) is 5.75 Å². The lowest BCUT2D eigenvalue weighted by Crippen LogP contribution is -2.29. The summed E-state index contributed by atoms with van der Waals surface area (Å²) in [7, 11) is 0. The fraction of sp³-hybridized carbons (Fsp3) is 0.115. The maximum atomic E-state index is 13.6. The van der Waals surface area contributed by atoms with Crippen LogP contribution in [0.3, 0.4) is 0 Å². The van der Waals surface area contributed by atoms with Crippen LogP contribution in [-0.2, 0) is 11.3 Å². The number of ether oxygens (including phenoxy) is 1. The second-order valence-electron chi connectivity index (χ2n) is 7.96. The number of carbonyl (C=O) groups excluding carboxylic acids is 2. The number of halogens is 1. The lowest BCUT2D eigenvalue weighted by atomic mass is 9.98. The number of hydrogen-bond donors (Lipinski definition) is 1. The molecule has 0 fully saturated rings. The molecule has 0 spiro atoms. The monoisotopic (exact) mass is 474 g/mol. The largest absolute Gasteiger partial charge is 0.484 e. The smallest absolute Gasteiger partial charge is 0.291 e. The van der Waals surface area contributed by atoms with Gasteiger partial charge >= 0.3 is 0 Å². The zero-order valence-electron chi connectivity index (χ0n) is 17.9. The van der Waals surface area contributed by atoms with E-state index in [0.29, 0.717) is 27.3 Å². The highest BCUT2D eigenvalue weighted by molar-refractivity contribution is 6.31. The minimum atomic E-state index is -0.674. The van der Waals surface area contributed by atoms with Crippen molar-refractivity contribution in [2.75, 3.05) is 6.61 Å². The lowest BCUT2D eigenvalue weighted by Gasteiger charge is -2.25. The Morgan fingerprint density at radius 1 is 1.03 bits per heavy atom. The zero-order valence-corrected chi connectivity index (χ0v) is 18.6. The Morgan fingerprint density at radius 2 is 1.76 bits per heavy atom. The Labute approximate surface area is 199 Å². The molecule has 5 rings (SSSR count).